The Labute approximate surface area is 171 Å². The molecule has 1 aliphatic rings. The van der Waals surface area contributed by atoms with Gasteiger partial charge >= 0.3 is 5.97 Å². The fourth-order valence-electron chi connectivity index (χ4n) is 3.55. The number of thiophene rings is 1. The third-order valence-electron chi connectivity index (χ3n) is 5.14. The highest BCUT2D eigenvalue weighted by atomic mass is 32.1. The van der Waals surface area contributed by atoms with Gasteiger partial charge in [-0.1, -0.05) is 12.1 Å². The van der Waals surface area contributed by atoms with Gasteiger partial charge in [-0.15, -0.1) is 11.3 Å². The number of amides is 1. The predicted molar refractivity (Wildman–Crippen MR) is 110 cm³/mol. The van der Waals surface area contributed by atoms with Gasteiger partial charge in [-0.2, -0.15) is 0 Å². The van der Waals surface area contributed by atoms with E-state index in [1.54, 1.807) is 35.6 Å². The number of esters is 1. The zero-order valence-corrected chi connectivity index (χ0v) is 16.7. The second kappa shape index (κ2) is 8.16. The predicted octanol–water partition coefficient (Wildman–Crippen LogP) is 2.57. The molecule has 2 heterocycles. The second-order valence-electron chi connectivity index (χ2n) is 7.11. The molecule has 0 saturated carbocycles. The Kier molecular flexibility index (Phi) is 5.44. The van der Waals surface area contributed by atoms with Gasteiger partial charge in [0.15, 0.2) is 0 Å². The van der Waals surface area contributed by atoms with Gasteiger partial charge in [0.05, 0.1) is 18.1 Å². The van der Waals surface area contributed by atoms with Gasteiger partial charge in [-0.25, -0.2) is 4.98 Å². The van der Waals surface area contributed by atoms with Gasteiger partial charge in [0.25, 0.3) is 5.56 Å². The summed E-state index contributed by atoms with van der Waals surface area (Å²) in [6, 6.07) is 6.56. The highest BCUT2D eigenvalue weighted by Crippen LogP contribution is 2.33. The highest BCUT2D eigenvalue weighted by Gasteiger charge is 2.20. The monoisotopic (exact) mass is 411 g/mol. The molecule has 0 saturated heterocycles. The molecule has 1 aliphatic carbocycles. The molecule has 8 heteroatoms. The van der Waals surface area contributed by atoms with Crippen LogP contribution in [0.5, 0.6) is 0 Å². The van der Waals surface area contributed by atoms with Gasteiger partial charge in [0, 0.05) is 17.0 Å². The topological polar surface area (TPSA) is 104 Å². The van der Waals surface area contributed by atoms with E-state index in [0.29, 0.717) is 5.56 Å². The van der Waals surface area contributed by atoms with Crippen molar-refractivity contribution in [1.29, 1.82) is 0 Å². The van der Waals surface area contributed by atoms with E-state index in [-0.39, 0.29) is 25.1 Å². The maximum Gasteiger partial charge on any atom is 0.307 e. The largest absolute Gasteiger partial charge is 0.461 e. The van der Waals surface area contributed by atoms with Crippen LogP contribution in [-0.4, -0.2) is 21.4 Å². The summed E-state index contributed by atoms with van der Waals surface area (Å²) in [7, 11) is 0. The Hall–Kier alpha value is -3.00. The van der Waals surface area contributed by atoms with Gasteiger partial charge < -0.3 is 10.5 Å². The van der Waals surface area contributed by atoms with E-state index in [9.17, 15) is 14.4 Å². The maximum atomic E-state index is 12.9. The minimum absolute atomic E-state index is 0.0794. The molecule has 0 spiro atoms. The summed E-state index contributed by atoms with van der Waals surface area (Å²) in [5.41, 5.74) is 7.42. The van der Waals surface area contributed by atoms with Crippen molar-refractivity contribution >= 4 is 33.4 Å². The Balaban J connectivity index is 1.39. The fourth-order valence-corrected chi connectivity index (χ4v) is 4.77. The lowest BCUT2D eigenvalue weighted by Gasteiger charge is -2.10. The molecule has 0 radical (unpaired) electrons. The first-order valence-electron chi connectivity index (χ1n) is 9.57. The molecule has 3 aromatic rings. The van der Waals surface area contributed by atoms with Crippen molar-refractivity contribution in [3.63, 3.8) is 0 Å². The average molecular weight is 411 g/mol. The van der Waals surface area contributed by atoms with Crippen LogP contribution in [0.4, 0.5) is 0 Å². The molecule has 0 aliphatic heterocycles. The number of carbonyl (C=O) groups excluding carboxylic acids is 2. The quantitative estimate of drug-likeness (QED) is 0.628. The number of rotatable bonds is 6. The van der Waals surface area contributed by atoms with Crippen molar-refractivity contribution in [3.05, 3.63) is 62.5 Å². The molecule has 0 fully saturated rings. The Morgan fingerprint density at radius 2 is 1.93 bits per heavy atom. The lowest BCUT2D eigenvalue weighted by molar-refractivity contribution is -0.145. The number of hydrogen-bond acceptors (Lipinski definition) is 6. The van der Waals surface area contributed by atoms with Crippen LogP contribution in [0.2, 0.25) is 0 Å². The van der Waals surface area contributed by atoms with E-state index >= 15 is 0 Å². The number of fused-ring (bicyclic) bond motifs is 3. The average Bonchev–Trinajstić information content (AvgIpc) is 3.11. The number of hydrogen-bond donors (Lipinski definition) is 1. The van der Waals surface area contributed by atoms with E-state index in [1.165, 1.54) is 15.8 Å². The number of benzene rings is 1. The van der Waals surface area contributed by atoms with Gasteiger partial charge in [0.1, 0.15) is 11.4 Å². The van der Waals surface area contributed by atoms with Crippen LogP contribution in [0, 0.1) is 0 Å². The molecule has 29 heavy (non-hydrogen) atoms. The summed E-state index contributed by atoms with van der Waals surface area (Å²) in [5.74, 6) is -0.903. The van der Waals surface area contributed by atoms with E-state index < -0.39 is 11.9 Å². The van der Waals surface area contributed by atoms with Gasteiger partial charge in [-0.3, -0.25) is 19.0 Å². The van der Waals surface area contributed by atoms with Gasteiger partial charge in [-0.05, 0) is 48.9 Å². The Bertz CT molecular complexity index is 1130. The first-order chi connectivity index (χ1) is 14.0. The highest BCUT2D eigenvalue weighted by molar-refractivity contribution is 7.18. The summed E-state index contributed by atoms with van der Waals surface area (Å²) >= 11 is 1.61. The molecule has 4 rings (SSSR count). The van der Waals surface area contributed by atoms with Crippen LogP contribution in [0.3, 0.4) is 0 Å². The van der Waals surface area contributed by atoms with E-state index in [4.69, 9.17) is 10.5 Å². The summed E-state index contributed by atoms with van der Waals surface area (Å²) in [6.45, 7) is 0.327. The molecule has 0 bridgehead atoms. The van der Waals surface area contributed by atoms with Crippen molar-refractivity contribution < 1.29 is 14.3 Å². The minimum atomic E-state index is -0.503. The van der Waals surface area contributed by atoms with Crippen molar-refractivity contribution in [2.45, 2.75) is 45.3 Å². The van der Waals surface area contributed by atoms with E-state index in [1.807, 2.05) is 0 Å². The van der Waals surface area contributed by atoms with Crippen molar-refractivity contribution in [2.75, 3.05) is 0 Å². The first kappa shape index (κ1) is 19.3. The van der Waals surface area contributed by atoms with Crippen LogP contribution in [0.15, 0.2) is 35.4 Å². The molecule has 7 nitrogen and oxygen atoms in total. The molecule has 0 atom stereocenters. The minimum Gasteiger partial charge on any atom is -0.461 e. The van der Waals surface area contributed by atoms with Crippen LogP contribution >= 0.6 is 11.3 Å². The molecule has 2 aromatic heterocycles. The van der Waals surface area contributed by atoms with Crippen LogP contribution in [0.1, 0.15) is 45.6 Å². The van der Waals surface area contributed by atoms with Crippen molar-refractivity contribution in [3.8, 4) is 0 Å². The lowest BCUT2D eigenvalue weighted by Crippen LogP contribution is -2.23. The van der Waals surface area contributed by atoms with Crippen LogP contribution < -0.4 is 11.3 Å². The SMILES string of the molecule is NC(=O)c1ccc(COC(=O)CCn2cnc3sc4c(c3c2=O)CCCC4)cc1. The second-order valence-corrected chi connectivity index (χ2v) is 8.19. The number of primary amides is 1. The third kappa shape index (κ3) is 4.07. The molecule has 1 amide bonds. The summed E-state index contributed by atoms with van der Waals surface area (Å²) < 4.78 is 6.76. The molecule has 150 valence electrons. The van der Waals surface area contributed by atoms with Crippen molar-refractivity contribution in [2.24, 2.45) is 5.73 Å². The number of aryl methyl sites for hydroxylation is 3. The zero-order valence-electron chi connectivity index (χ0n) is 15.8. The molecule has 0 unspecified atom stereocenters. The van der Waals surface area contributed by atoms with Crippen LogP contribution in [0.25, 0.3) is 10.2 Å². The van der Waals surface area contributed by atoms with E-state index in [2.05, 4.69) is 4.98 Å². The Morgan fingerprint density at radius 1 is 1.17 bits per heavy atom. The number of ether oxygens (including phenoxy) is 1. The normalized spacial score (nSPS) is 13.2. The summed E-state index contributed by atoms with van der Waals surface area (Å²) in [5, 5.41) is 0.718. The van der Waals surface area contributed by atoms with Crippen molar-refractivity contribution in [1.82, 2.24) is 9.55 Å². The standard InChI is InChI=1S/C21H21N3O4S/c22-19(26)14-7-5-13(6-8-14)11-28-17(25)9-10-24-12-23-20-18(21(24)27)15-3-1-2-4-16(15)29-20/h5-8,12H,1-4,9-11H2,(H2,22,26). The van der Waals surface area contributed by atoms with E-state index in [0.717, 1.165) is 47.0 Å². The van der Waals surface area contributed by atoms with Gasteiger partial charge in [0.2, 0.25) is 5.91 Å². The number of aromatic nitrogens is 2. The maximum absolute atomic E-state index is 12.9. The lowest BCUT2D eigenvalue weighted by atomic mass is 9.97. The molecule has 1 aromatic carbocycles. The molecule has 2 N–H and O–H groups in total. The smallest absolute Gasteiger partial charge is 0.307 e. The Morgan fingerprint density at radius 3 is 2.69 bits per heavy atom. The number of nitrogens with zero attached hydrogens (tertiary/aromatic N) is 2. The summed E-state index contributed by atoms with van der Waals surface area (Å²) in [6.07, 6.45) is 5.79. The fraction of sp³-hybridized carbons (Fsp3) is 0.333. The number of carbonyl (C=O) groups is 2. The zero-order chi connectivity index (χ0) is 20.4. The number of nitrogens with two attached hydrogens (primary N) is 1. The summed E-state index contributed by atoms with van der Waals surface area (Å²) in [4.78, 5) is 42.5. The molecular formula is C21H21N3O4S. The molecular weight excluding hydrogens is 390 g/mol. The third-order valence-corrected chi connectivity index (χ3v) is 6.34. The first-order valence-corrected chi connectivity index (χ1v) is 10.4. The van der Waals surface area contributed by atoms with Crippen LogP contribution in [-0.2, 0) is 35.5 Å².